The van der Waals surface area contributed by atoms with Gasteiger partial charge in [-0.25, -0.2) is 0 Å². The van der Waals surface area contributed by atoms with E-state index in [1.54, 1.807) is 0 Å². The third-order valence-corrected chi connectivity index (χ3v) is 21.0. The Morgan fingerprint density at radius 3 is 0.914 bits per heavy atom. The molecule has 2 rings (SSSR count). The van der Waals surface area contributed by atoms with Crippen LogP contribution in [0.15, 0.2) is 48.5 Å². The van der Waals surface area contributed by atoms with Gasteiger partial charge in [-0.05, 0) is 86.2 Å². The van der Waals surface area contributed by atoms with Gasteiger partial charge >= 0.3 is 8.56 Å². The third kappa shape index (κ3) is 10.3. The monoisotopic (exact) mass is 566 g/mol. The maximum absolute atomic E-state index is 10.4. The average Bonchev–Trinajstić information content (AvgIpc) is 2.71. The van der Waals surface area contributed by atoms with Gasteiger partial charge in [-0.3, -0.25) is 0 Å². The Hall–Kier alpha value is -0.636. The lowest BCUT2D eigenvalue weighted by molar-refractivity contribution is 0.401. The van der Waals surface area contributed by atoms with Gasteiger partial charge in [-0.1, -0.05) is 75.2 Å². The van der Waals surface area contributed by atoms with Gasteiger partial charge in [-0.2, -0.15) is 0 Å². The minimum Gasteiger partial charge on any atom is -0.433 e. The number of hydrogen-bond acceptors (Lipinski definition) is 4. The van der Waals surface area contributed by atoms with E-state index in [1.165, 1.54) is 23.2 Å². The molecule has 35 heavy (non-hydrogen) atoms. The normalized spacial score (nSPS) is 13.3. The van der Waals surface area contributed by atoms with Crippen molar-refractivity contribution in [1.82, 2.24) is 0 Å². The zero-order valence-electron chi connectivity index (χ0n) is 24.2. The number of rotatable bonds is 9. The molecule has 9 heteroatoms. The minimum atomic E-state index is -2.40. The molecule has 2 aromatic rings. The van der Waals surface area contributed by atoms with Crippen LogP contribution in [0.3, 0.4) is 0 Å². The first-order valence-electron chi connectivity index (χ1n) is 12.8. The van der Waals surface area contributed by atoms with Gasteiger partial charge in [-0.15, -0.1) is 0 Å². The maximum Gasteiger partial charge on any atom is 0.311 e. The summed E-state index contributed by atoms with van der Waals surface area (Å²) in [6.45, 7) is 25.3. The van der Waals surface area contributed by atoms with Crippen LogP contribution >= 0.6 is 0 Å². The predicted molar refractivity (Wildman–Crippen MR) is 166 cm³/mol. The van der Waals surface area contributed by atoms with Crippen LogP contribution in [0.2, 0.25) is 65.5 Å². The number of hydrogen-bond donors (Lipinski definition) is 2. The molecule has 4 nitrogen and oxygen atoms in total. The van der Waals surface area contributed by atoms with Gasteiger partial charge in [0.2, 0.25) is 33.3 Å². The lowest BCUT2D eigenvalue weighted by atomic mass is 10.4. The fourth-order valence-electron chi connectivity index (χ4n) is 3.93. The van der Waals surface area contributed by atoms with Crippen molar-refractivity contribution in [3.05, 3.63) is 48.5 Å². The molecule has 0 heterocycles. The van der Waals surface area contributed by atoms with E-state index in [9.17, 15) is 9.59 Å². The van der Waals surface area contributed by atoms with Crippen molar-refractivity contribution in [1.29, 1.82) is 0 Å². The summed E-state index contributed by atoms with van der Waals surface area (Å²) in [6.07, 6.45) is 2.64. The highest BCUT2D eigenvalue weighted by atomic mass is 28.5. The summed E-state index contributed by atoms with van der Waals surface area (Å²) in [4.78, 5) is 20.7. The molecule has 0 aliphatic rings. The summed E-state index contributed by atoms with van der Waals surface area (Å²) in [5, 5.41) is 4.52. The first kappa shape index (κ1) is 32.4. The Labute approximate surface area is 220 Å². The molecule has 0 aliphatic carbocycles. The molecule has 0 aliphatic heterocycles. The summed E-state index contributed by atoms with van der Waals surface area (Å²) < 4.78 is 13.6. The molecule has 0 unspecified atom stereocenters. The van der Waals surface area contributed by atoms with Crippen LogP contribution < -0.4 is 20.7 Å². The first-order valence-corrected chi connectivity index (χ1v) is 27.3. The van der Waals surface area contributed by atoms with E-state index in [0.29, 0.717) is 0 Å². The van der Waals surface area contributed by atoms with Crippen LogP contribution in [0.4, 0.5) is 0 Å². The topological polar surface area (TPSA) is 58.9 Å². The minimum absolute atomic E-state index is 1.04. The Morgan fingerprint density at radius 2 is 0.714 bits per heavy atom. The van der Waals surface area contributed by atoms with Gasteiger partial charge in [0, 0.05) is 0 Å². The van der Waals surface area contributed by atoms with E-state index in [-0.39, 0.29) is 0 Å². The highest BCUT2D eigenvalue weighted by molar-refractivity contribution is 6.96. The fourth-order valence-corrected chi connectivity index (χ4v) is 19.1. The van der Waals surface area contributed by atoms with E-state index < -0.39 is 41.8 Å². The van der Waals surface area contributed by atoms with Crippen molar-refractivity contribution < 1.29 is 17.8 Å². The van der Waals surface area contributed by atoms with Gasteiger partial charge in [0.05, 0.1) is 0 Å². The van der Waals surface area contributed by atoms with Crippen molar-refractivity contribution >= 4 is 62.6 Å². The van der Waals surface area contributed by atoms with Crippen molar-refractivity contribution in [2.75, 3.05) is 0 Å². The van der Waals surface area contributed by atoms with Crippen LogP contribution in [0.1, 0.15) is 26.7 Å². The zero-order chi connectivity index (χ0) is 27.3. The molecule has 2 N–H and O–H groups in total. The van der Waals surface area contributed by atoms with E-state index in [2.05, 4.69) is 102 Å². The SMILES string of the molecule is CCCC.C[Si](C)(O[Si](C)(C)c1ccc([Si](C)(C)O)cc1)O[Si](C)(C)c1ccc([Si](C)(C)O)cc1. The molecule has 0 saturated carbocycles. The highest BCUT2D eigenvalue weighted by Gasteiger charge is 2.41. The first-order chi connectivity index (χ1) is 15.7. The van der Waals surface area contributed by atoms with E-state index in [4.69, 9.17) is 8.23 Å². The standard InChI is InChI=1S/C22H40O4Si5.C4H10/c1-27(2,23)19-11-15-21(16-12-19)29(5,6)25-31(9,10)26-30(7,8)22-17-13-20(14-18-22)28(3,4)24;1-3-4-2/h11-18,23-24H,1-10H3;3-4H2,1-2H3. The lowest BCUT2D eigenvalue weighted by Crippen LogP contribution is -2.60. The van der Waals surface area contributed by atoms with Gasteiger partial charge in [0.15, 0.2) is 0 Å². The van der Waals surface area contributed by atoms with Crippen LogP contribution in [0, 0.1) is 0 Å². The molecule has 2 aromatic carbocycles. The van der Waals surface area contributed by atoms with E-state index in [0.717, 1.165) is 10.4 Å². The van der Waals surface area contributed by atoms with Crippen molar-refractivity contribution in [2.45, 2.75) is 92.2 Å². The average molecular weight is 567 g/mol. The summed E-state index contributed by atoms with van der Waals surface area (Å²) in [5.74, 6) is 0. The van der Waals surface area contributed by atoms with E-state index in [1.807, 2.05) is 26.2 Å². The maximum atomic E-state index is 10.4. The number of unbranched alkanes of at least 4 members (excludes halogenated alkanes) is 1. The Bertz CT molecular complexity index is 837. The van der Waals surface area contributed by atoms with Crippen LogP contribution in [-0.2, 0) is 8.23 Å². The van der Waals surface area contributed by atoms with Gasteiger partial charge < -0.3 is 17.8 Å². The Morgan fingerprint density at radius 1 is 0.486 bits per heavy atom. The largest absolute Gasteiger partial charge is 0.433 e. The second-order valence-electron chi connectivity index (χ2n) is 11.9. The molecule has 0 fully saturated rings. The second kappa shape index (κ2) is 12.3. The quantitative estimate of drug-likeness (QED) is 0.437. The van der Waals surface area contributed by atoms with Crippen molar-refractivity contribution in [3.8, 4) is 0 Å². The molecule has 0 spiro atoms. The molecule has 198 valence electrons. The Kier molecular flexibility index (Phi) is 11.4. The molecule has 0 amide bonds. The molecule has 0 radical (unpaired) electrons. The second-order valence-corrected chi connectivity index (χ2v) is 30.9. The Balaban J connectivity index is 0.00000142. The molecule has 0 bridgehead atoms. The van der Waals surface area contributed by atoms with Gasteiger partial charge in [0.25, 0.3) is 0 Å². The smallest absolute Gasteiger partial charge is 0.311 e. The zero-order valence-corrected chi connectivity index (χ0v) is 29.2. The number of benzene rings is 2. The molecular formula is C26H50O4Si5. The van der Waals surface area contributed by atoms with Crippen molar-refractivity contribution in [3.63, 3.8) is 0 Å². The molecular weight excluding hydrogens is 517 g/mol. The van der Waals surface area contributed by atoms with Crippen LogP contribution in [-0.4, -0.2) is 51.4 Å². The van der Waals surface area contributed by atoms with Crippen LogP contribution in [0.5, 0.6) is 0 Å². The fraction of sp³-hybridized carbons (Fsp3) is 0.538. The third-order valence-electron chi connectivity index (χ3n) is 6.07. The van der Waals surface area contributed by atoms with Crippen molar-refractivity contribution in [2.24, 2.45) is 0 Å². The summed E-state index contributed by atoms with van der Waals surface area (Å²) in [6, 6.07) is 16.7. The summed E-state index contributed by atoms with van der Waals surface area (Å²) in [5.41, 5.74) is 0. The summed E-state index contributed by atoms with van der Waals surface area (Å²) >= 11 is 0. The molecule has 0 saturated heterocycles. The molecule has 0 atom stereocenters. The predicted octanol–water partition coefficient (Wildman–Crippen LogP) is 4.56. The van der Waals surface area contributed by atoms with Gasteiger partial charge in [0.1, 0.15) is 0 Å². The molecule has 0 aromatic heterocycles. The lowest BCUT2D eigenvalue weighted by Gasteiger charge is -2.39. The highest BCUT2D eigenvalue weighted by Crippen LogP contribution is 2.21. The summed E-state index contributed by atoms with van der Waals surface area (Å²) in [7, 11) is -11.3. The van der Waals surface area contributed by atoms with Crippen LogP contribution in [0.25, 0.3) is 0 Å². The van der Waals surface area contributed by atoms with E-state index >= 15 is 0 Å².